The number of urea groups is 1. The third kappa shape index (κ3) is 3.77. The number of thiazole rings is 1. The van der Waals surface area contributed by atoms with Gasteiger partial charge in [0.05, 0.1) is 11.6 Å². The summed E-state index contributed by atoms with van der Waals surface area (Å²) in [7, 11) is 1.76. The predicted molar refractivity (Wildman–Crippen MR) is 93.9 cm³/mol. The summed E-state index contributed by atoms with van der Waals surface area (Å²) in [6.07, 6.45) is 1.80. The minimum atomic E-state index is -0.177. The molecule has 0 spiro atoms. The van der Waals surface area contributed by atoms with Gasteiger partial charge in [0.1, 0.15) is 5.82 Å². The smallest absolute Gasteiger partial charge is 0.321 e. The van der Waals surface area contributed by atoms with Gasteiger partial charge in [-0.3, -0.25) is 5.10 Å². The van der Waals surface area contributed by atoms with Crippen molar-refractivity contribution in [2.45, 2.75) is 20.4 Å². The molecule has 24 heavy (non-hydrogen) atoms. The number of hydrogen-bond acceptors (Lipinski definition) is 5. The Labute approximate surface area is 143 Å². The van der Waals surface area contributed by atoms with Crippen LogP contribution in [0.1, 0.15) is 15.7 Å². The first-order valence-corrected chi connectivity index (χ1v) is 8.26. The number of benzene rings is 1. The molecular formula is C16H18N6OS. The van der Waals surface area contributed by atoms with Crippen molar-refractivity contribution in [3.63, 3.8) is 0 Å². The number of nitrogens with one attached hydrogen (secondary N) is 2. The van der Waals surface area contributed by atoms with Gasteiger partial charge in [0, 0.05) is 29.4 Å². The second kappa shape index (κ2) is 6.79. The van der Waals surface area contributed by atoms with Crippen molar-refractivity contribution < 1.29 is 4.79 Å². The van der Waals surface area contributed by atoms with E-state index in [0.29, 0.717) is 18.1 Å². The number of amides is 2. The molecule has 3 rings (SSSR count). The lowest BCUT2D eigenvalue weighted by Crippen LogP contribution is -2.30. The lowest BCUT2D eigenvalue weighted by atomic mass is 10.2. The summed E-state index contributed by atoms with van der Waals surface area (Å²) in [5, 5.41) is 10.8. The van der Waals surface area contributed by atoms with Gasteiger partial charge in [0.25, 0.3) is 0 Å². The Balaban J connectivity index is 1.67. The highest BCUT2D eigenvalue weighted by Crippen LogP contribution is 2.20. The molecule has 0 saturated heterocycles. The number of carbonyl (C=O) groups excluding carboxylic acids is 1. The van der Waals surface area contributed by atoms with Gasteiger partial charge >= 0.3 is 6.03 Å². The van der Waals surface area contributed by atoms with Crippen molar-refractivity contribution in [2.24, 2.45) is 0 Å². The third-order valence-electron chi connectivity index (χ3n) is 3.38. The van der Waals surface area contributed by atoms with Crippen LogP contribution in [0.2, 0.25) is 0 Å². The molecule has 0 aliphatic carbocycles. The summed E-state index contributed by atoms with van der Waals surface area (Å²) in [5.74, 6) is 1.36. The maximum absolute atomic E-state index is 12.3. The van der Waals surface area contributed by atoms with Crippen molar-refractivity contribution in [3.05, 3.63) is 46.2 Å². The Kier molecular flexibility index (Phi) is 4.57. The van der Waals surface area contributed by atoms with E-state index in [1.54, 1.807) is 29.5 Å². The first-order chi connectivity index (χ1) is 11.5. The number of aryl methyl sites for hydroxylation is 2. The van der Waals surface area contributed by atoms with E-state index < -0.39 is 0 Å². The number of nitrogens with zero attached hydrogens (tertiary/aromatic N) is 4. The Bertz CT molecular complexity index is 856. The van der Waals surface area contributed by atoms with Crippen LogP contribution in [-0.2, 0) is 6.54 Å². The molecule has 3 aromatic rings. The third-order valence-corrected chi connectivity index (χ3v) is 4.28. The summed E-state index contributed by atoms with van der Waals surface area (Å²) in [6.45, 7) is 4.32. The second-order valence-corrected chi connectivity index (χ2v) is 6.78. The van der Waals surface area contributed by atoms with E-state index in [9.17, 15) is 4.79 Å². The Hall–Kier alpha value is -2.74. The molecule has 2 aromatic heterocycles. The number of carbonyl (C=O) groups is 1. The molecular weight excluding hydrogens is 324 g/mol. The standard InChI is InChI=1S/C16H18N6OS/c1-10-18-15(21-20-10)12-5-4-6-13(7-12)19-16(23)22(3)9-14-8-17-11(2)24-14/h4-8H,9H2,1-3H3,(H,19,23)(H,18,20,21). The molecule has 2 N–H and O–H groups in total. The highest BCUT2D eigenvalue weighted by molar-refractivity contribution is 7.11. The van der Waals surface area contributed by atoms with Crippen LogP contribution in [0.4, 0.5) is 10.5 Å². The van der Waals surface area contributed by atoms with Crippen LogP contribution >= 0.6 is 11.3 Å². The molecule has 2 heterocycles. The molecule has 0 aliphatic heterocycles. The van der Waals surface area contributed by atoms with Gasteiger partial charge in [-0.1, -0.05) is 12.1 Å². The van der Waals surface area contributed by atoms with Crippen LogP contribution in [0.3, 0.4) is 0 Å². The number of hydrogen-bond donors (Lipinski definition) is 2. The topological polar surface area (TPSA) is 86.8 Å². The molecule has 2 amide bonds. The van der Waals surface area contributed by atoms with Crippen LogP contribution in [0.15, 0.2) is 30.5 Å². The van der Waals surface area contributed by atoms with E-state index in [1.807, 2.05) is 38.1 Å². The molecule has 0 bridgehead atoms. The van der Waals surface area contributed by atoms with E-state index in [2.05, 4.69) is 25.5 Å². The summed E-state index contributed by atoms with van der Waals surface area (Å²) < 4.78 is 0. The monoisotopic (exact) mass is 342 g/mol. The SMILES string of the molecule is Cc1nc(-c2cccc(NC(=O)N(C)Cc3cnc(C)s3)c2)n[nH]1. The van der Waals surface area contributed by atoms with Crippen LogP contribution in [0, 0.1) is 13.8 Å². The molecule has 0 saturated carbocycles. The maximum Gasteiger partial charge on any atom is 0.321 e. The number of aromatic amines is 1. The van der Waals surface area contributed by atoms with E-state index in [-0.39, 0.29) is 6.03 Å². The fourth-order valence-electron chi connectivity index (χ4n) is 2.21. The molecule has 7 nitrogen and oxygen atoms in total. The Morgan fingerprint density at radius 3 is 2.88 bits per heavy atom. The quantitative estimate of drug-likeness (QED) is 0.762. The fourth-order valence-corrected chi connectivity index (χ4v) is 3.06. The van der Waals surface area contributed by atoms with Crippen LogP contribution in [0.5, 0.6) is 0 Å². The van der Waals surface area contributed by atoms with Crippen molar-refractivity contribution in [2.75, 3.05) is 12.4 Å². The van der Waals surface area contributed by atoms with Crippen molar-refractivity contribution in [1.82, 2.24) is 25.1 Å². The van der Waals surface area contributed by atoms with Gasteiger partial charge in [-0.2, -0.15) is 5.10 Å². The van der Waals surface area contributed by atoms with Gasteiger partial charge < -0.3 is 10.2 Å². The maximum atomic E-state index is 12.3. The average molecular weight is 342 g/mol. The van der Waals surface area contributed by atoms with Gasteiger partial charge in [0.15, 0.2) is 5.82 Å². The zero-order valence-corrected chi connectivity index (χ0v) is 14.5. The van der Waals surface area contributed by atoms with Crippen LogP contribution in [-0.4, -0.2) is 38.1 Å². The van der Waals surface area contributed by atoms with Gasteiger partial charge in [-0.25, -0.2) is 14.8 Å². The molecule has 124 valence electrons. The summed E-state index contributed by atoms with van der Waals surface area (Å²) >= 11 is 1.59. The zero-order chi connectivity index (χ0) is 17.1. The van der Waals surface area contributed by atoms with Crippen LogP contribution in [0.25, 0.3) is 11.4 Å². The largest absolute Gasteiger partial charge is 0.322 e. The zero-order valence-electron chi connectivity index (χ0n) is 13.7. The average Bonchev–Trinajstić information content (AvgIpc) is 3.16. The summed E-state index contributed by atoms with van der Waals surface area (Å²) in [4.78, 5) is 23.5. The van der Waals surface area contributed by atoms with Crippen LogP contribution < -0.4 is 5.32 Å². The number of aromatic nitrogens is 4. The molecule has 0 unspecified atom stereocenters. The second-order valence-electron chi connectivity index (χ2n) is 5.46. The molecule has 0 atom stereocenters. The fraction of sp³-hybridized carbons (Fsp3) is 0.250. The highest BCUT2D eigenvalue weighted by atomic mass is 32.1. The Morgan fingerprint density at radius 1 is 1.38 bits per heavy atom. The van der Waals surface area contributed by atoms with Gasteiger partial charge in [-0.05, 0) is 26.0 Å². The predicted octanol–water partition coefficient (Wildman–Crippen LogP) is 3.21. The summed E-state index contributed by atoms with van der Waals surface area (Å²) in [6, 6.07) is 7.28. The lowest BCUT2D eigenvalue weighted by molar-refractivity contribution is 0.221. The number of rotatable bonds is 4. The molecule has 0 radical (unpaired) electrons. The normalized spacial score (nSPS) is 10.6. The van der Waals surface area contributed by atoms with E-state index in [4.69, 9.17) is 0 Å². The van der Waals surface area contributed by atoms with Crippen molar-refractivity contribution >= 4 is 23.1 Å². The first kappa shape index (κ1) is 16.1. The number of anilines is 1. The minimum Gasteiger partial charge on any atom is -0.322 e. The van der Waals surface area contributed by atoms with Gasteiger partial charge in [0.2, 0.25) is 0 Å². The highest BCUT2D eigenvalue weighted by Gasteiger charge is 2.12. The lowest BCUT2D eigenvalue weighted by Gasteiger charge is -2.17. The van der Waals surface area contributed by atoms with Crippen molar-refractivity contribution in [3.8, 4) is 11.4 Å². The van der Waals surface area contributed by atoms with E-state index in [0.717, 1.165) is 21.3 Å². The molecule has 0 aliphatic rings. The Morgan fingerprint density at radius 2 is 2.21 bits per heavy atom. The molecule has 8 heteroatoms. The van der Waals surface area contributed by atoms with E-state index >= 15 is 0 Å². The number of H-pyrrole nitrogens is 1. The molecule has 1 aromatic carbocycles. The molecule has 0 fully saturated rings. The minimum absolute atomic E-state index is 0.177. The van der Waals surface area contributed by atoms with Gasteiger partial charge in [-0.15, -0.1) is 11.3 Å². The first-order valence-electron chi connectivity index (χ1n) is 7.44. The summed E-state index contributed by atoms with van der Waals surface area (Å²) in [5.41, 5.74) is 1.55. The van der Waals surface area contributed by atoms with E-state index in [1.165, 1.54) is 0 Å². The van der Waals surface area contributed by atoms with Crippen molar-refractivity contribution in [1.29, 1.82) is 0 Å².